The number of nitrogens with zero attached hydrogens (tertiary/aromatic N) is 2. The number of imide groups is 1. The van der Waals surface area contributed by atoms with Gasteiger partial charge in [-0.1, -0.05) is 12.0 Å². The topological polar surface area (TPSA) is 68.6 Å². The maximum absolute atomic E-state index is 12.5. The molecular weight excluding hydrogens is 388 g/mol. The van der Waals surface area contributed by atoms with Gasteiger partial charge in [-0.3, -0.25) is 14.5 Å². The smallest absolute Gasteiger partial charge is 0.338 e. The maximum Gasteiger partial charge on any atom is 0.338 e. The molecule has 1 aliphatic heterocycles. The van der Waals surface area contributed by atoms with Crippen molar-refractivity contribution in [3.8, 4) is 18.0 Å². The van der Waals surface area contributed by atoms with E-state index in [0.29, 0.717) is 10.5 Å². The van der Waals surface area contributed by atoms with E-state index in [0.717, 1.165) is 44.9 Å². The summed E-state index contributed by atoms with van der Waals surface area (Å²) in [5.74, 6) is 1.55. The van der Waals surface area contributed by atoms with Crippen LogP contribution in [0.5, 0.6) is 0 Å². The Morgan fingerprint density at radius 1 is 1.28 bits per heavy atom. The predicted molar refractivity (Wildman–Crippen MR) is 113 cm³/mol. The zero-order valence-electron chi connectivity index (χ0n) is 16.6. The van der Waals surface area contributed by atoms with Crippen LogP contribution in [0.15, 0.2) is 29.2 Å². The van der Waals surface area contributed by atoms with Gasteiger partial charge in [-0.25, -0.2) is 4.79 Å². The summed E-state index contributed by atoms with van der Waals surface area (Å²) in [7, 11) is 1.35. The van der Waals surface area contributed by atoms with Gasteiger partial charge in [0.25, 0.3) is 11.1 Å². The van der Waals surface area contributed by atoms with Crippen molar-refractivity contribution in [3.63, 3.8) is 0 Å². The fraction of sp³-hybridized carbons (Fsp3) is 0.227. The first-order chi connectivity index (χ1) is 13.8. The molecule has 1 aromatic carbocycles. The van der Waals surface area contributed by atoms with Crippen molar-refractivity contribution >= 4 is 35.0 Å². The summed E-state index contributed by atoms with van der Waals surface area (Å²) in [6.07, 6.45) is 6.95. The van der Waals surface area contributed by atoms with Crippen LogP contribution in [0.1, 0.15) is 32.9 Å². The molecule has 29 heavy (non-hydrogen) atoms. The van der Waals surface area contributed by atoms with Gasteiger partial charge in [-0.15, -0.1) is 6.42 Å². The van der Waals surface area contributed by atoms with Crippen LogP contribution in [0.2, 0.25) is 0 Å². The lowest BCUT2D eigenvalue weighted by atomic mass is 10.1. The van der Waals surface area contributed by atoms with E-state index < -0.39 is 5.97 Å². The molecule has 3 rings (SSSR count). The molecule has 7 heteroatoms. The molecular formula is C22H20N2O4S. The molecule has 0 saturated carbocycles. The summed E-state index contributed by atoms with van der Waals surface area (Å²) < 4.78 is 6.88. The number of rotatable bonds is 4. The summed E-state index contributed by atoms with van der Waals surface area (Å²) in [4.78, 5) is 37.9. The first-order valence-corrected chi connectivity index (χ1v) is 9.67. The number of terminal acetylenes is 1. The normalized spacial score (nSPS) is 15.1. The standard InChI is InChI=1S/C22H20N2O4S/c1-6-10-23-20(25)19(29-22(23)27)12-16-11-13(2)24(15(16)4)18-9-7-8-17(14(18)3)21(26)28-5/h1,7-9,11-12H,10H2,2-5H3/b19-12+. The number of benzene rings is 1. The van der Waals surface area contributed by atoms with Crippen molar-refractivity contribution in [2.45, 2.75) is 20.8 Å². The first-order valence-electron chi connectivity index (χ1n) is 8.86. The lowest BCUT2D eigenvalue weighted by Gasteiger charge is -2.15. The third kappa shape index (κ3) is 3.59. The van der Waals surface area contributed by atoms with Gasteiger partial charge in [0.2, 0.25) is 0 Å². The highest BCUT2D eigenvalue weighted by Crippen LogP contribution is 2.34. The molecule has 1 aromatic heterocycles. The van der Waals surface area contributed by atoms with Gasteiger partial charge < -0.3 is 9.30 Å². The van der Waals surface area contributed by atoms with E-state index in [1.165, 1.54) is 7.11 Å². The fourth-order valence-corrected chi connectivity index (χ4v) is 4.20. The Balaban J connectivity index is 2.06. The van der Waals surface area contributed by atoms with E-state index in [4.69, 9.17) is 11.2 Å². The van der Waals surface area contributed by atoms with Crippen LogP contribution in [0.4, 0.5) is 4.79 Å². The van der Waals surface area contributed by atoms with Crippen molar-refractivity contribution in [1.29, 1.82) is 0 Å². The molecule has 2 amide bonds. The van der Waals surface area contributed by atoms with Crippen molar-refractivity contribution in [3.05, 3.63) is 57.2 Å². The average Bonchev–Trinajstić information content (AvgIpc) is 3.11. The maximum atomic E-state index is 12.5. The predicted octanol–water partition coefficient (Wildman–Crippen LogP) is 3.86. The highest BCUT2D eigenvalue weighted by molar-refractivity contribution is 8.18. The van der Waals surface area contributed by atoms with Crippen LogP contribution >= 0.6 is 11.8 Å². The van der Waals surface area contributed by atoms with E-state index >= 15 is 0 Å². The average molecular weight is 408 g/mol. The summed E-state index contributed by atoms with van der Waals surface area (Å²) in [5, 5.41) is -0.366. The zero-order chi connectivity index (χ0) is 21.3. The summed E-state index contributed by atoms with van der Waals surface area (Å²) in [6.45, 7) is 5.69. The van der Waals surface area contributed by atoms with Crippen molar-refractivity contribution in [2.75, 3.05) is 13.7 Å². The molecule has 0 N–H and O–H groups in total. The summed E-state index contributed by atoms with van der Waals surface area (Å²) in [5.41, 5.74) is 4.77. The SMILES string of the molecule is C#CCN1C(=O)S/C(=C/c2cc(C)n(-c3cccc(C(=O)OC)c3C)c2C)C1=O. The molecule has 2 aromatic rings. The minimum absolute atomic E-state index is 0.0411. The van der Waals surface area contributed by atoms with Gasteiger partial charge in [0.15, 0.2) is 0 Å². The summed E-state index contributed by atoms with van der Waals surface area (Å²) >= 11 is 0.881. The number of esters is 1. The Morgan fingerprint density at radius 2 is 2.00 bits per heavy atom. The molecule has 2 heterocycles. The second-order valence-electron chi connectivity index (χ2n) is 6.58. The van der Waals surface area contributed by atoms with Gasteiger partial charge in [0.05, 0.1) is 24.1 Å². The minimum Gasteiger partial charge on any atom is -0.465 e. The molecule has 6 nitrogen and oxygen atoms in total. The number of hydrogen-bond donors (Lipinski definition) is 0. The number of thioether (sulfide) groups is 1. The Bertz CT molecular complexity index is 1100. The molecule has 0 atom stereocenters. The van der Waals surface area contributed by atoms with Crippen LogP contribution in [0, 0.1) is 33.1 Å². The van der Waals surface area contributed by atoms with Crippen molar-refractivity contribution in [1.82, 2.24) is 9.47 Å². The molecule has 0 radical (unpaired) electrons. The van der Waals surface area contributed by atoms with E-state index in [9.17, 15) is 14.4 Å². The van der Waals surface area contributed by atoms with Crippen molar-refractivity contribution in [2.24, 2.45) is 0 Å². The molecule has 0 bridgehead atoms. The zero-order valence-corrected chi connectivity index (χ0v) is 17.4. The number of methoxy groups -OCH3 is 1. The van der Waals surface area contributed by atoms with Gasteiger partial charge in [0, 0.05) is 17.1 Å². The lowest BCUT2D eigenvalue weighted by Crippen LogP contribution is -2.28. The highest BCUT2D eigenvalue weighted by Gasteiger charge is 2.34. The van der Waals surface area contributed by atoms with Crippen LogP contribution < -0.4 is 0 Å². The monoisotopic (exact) mass is 408 g/mol. The number of hydrogen-bond acceptors (Lipinski definition) is 5. The third-order valence-electron chi connectivity index (χ3n) is 4.83. The number of carbonyl (C=O) groups excluding carboxylic acids is 3. The molecule has 1 aliphatic rings. The van der Waals surface area contributed by atoms with E-state index in [1.54, 1.807) is 18.2 Å². The van der Waals surface area contributed by atoms with Gasteiger partial charge in [-0.2, -0.15) is 0 Å². The van der Waals surface area contributed by atoms with Crippen LogP contribution in [0.3, 0.4) is 0 Å². The number of aryl methyl sites for hydroxylation is 1. The highest BCUT2D eigenvalue weighted by atomic mass is 32.2. The third-order valence-corrected chi connectivity index (χ3v) is 5.74. The number of aromatic nitrogens is 1. The van der Waals surface area contributed by atoms with E-state index in [2.05, 4.69) is 5.92 Å². The Labute approximate surface area is 173 Å². The second-order valence-corrected chi connectivity index (χ2v) is 7.57. The minimum atomic E-state index is -0.394. The molecule has 148 valence electrons. The fourth-order valence-electron chi connectivity index (χ4n) is 3.37. The van der Waals surface area contributed by atoms with Crippen LogP contribution in [0.25, 0.3) is 11.8 Å². The van der Waals surface area contributed by atoms with Gasteiger partial charge in [0.1, 0.15) is 0 Å². The van der Waals surface area contributed by atoms with Gasteiger partial charge in [-0.05, 0) is 67.9 Å². The lowest BCUT2D eigenvalue weighted by molar-refractivity contribution is -0.122. The number of amides is 2. The van der Waals surface area contributed by atoms with Crippen molar-refractivity contribution < 1.29 is 19.1 Å². The Morgan fingerprint density at radius 3 is 2.66 bits per heavy atom. The largest absolute Gasteiger partial charge is 0.465 e. The number of ether oxygens (including phenoxy) is 1. The quantitative estimate of drug-likeness (QED) is 0.437. The van der Waals surface area contributed by atoms with E-state index in [-0.39, 0.29) is 17.7 Å². The van der Waals surface area contributed by atoms with Crippen LogP contribution in [-0.4, -0.2) is 40.2 Å². The molecule has 1 saturated heterocycles. The molecule has 0 unspecified atom stereocenters. The van der Waals surface area contributed by atoms with E-state index in [1.807, 2.05) is 37.5 Å². The molecule has 0 spiro atoms. The molecule has 1 fully saturated rings. The summed E-state index contributed by atoms with van der Waals surface area (Å²) in [6, 6.07) is 7.39. The Kier molecular flexibility index (Phi) is 5.66. The first kappa shape index (κ1) is 20.5. The molecule has 0 aliphatic carbocycles. The van der Waals surface area contributed by atoms with Crippen LogP contribution in [-0.2, 0) is 9.53 Å². The Hall–Kier alpha value is -3.24. The van der Waals surface area contributed by atoms with Gasteiger partial charge >= 0.3 is 5.97 Å². The number of carbonyl (C=O) groups is 3. The second kappa shape index (κ2) is 8.02.